The number of carbonyl (C=O) groups excluding carboxylic acids is 1. The summed E-state index contributed by atoms with van der Waals surface area (Å²) in [6.07, 6.45) is 0. The summed E-state index contributed by atoms with van der Waals surface area (Å²) in [5, 5.41) is 1.91. The second-order valence-electron chi connectivity index (χ2n) is 6.12. The second-order valence-corrected chi connectivity index (χ2v) is 7.03. The summed E-state index contributed by atoms with van der Waals surface area (Å²) >= 11 is 1.42. The first-order valence-corrected chi connectivity index (χ1v) is 8.94. The fourth-order valence-corrected chi connectivity index (χ4v) is 4.23. The summed E-state index contributed by atoms with van der Waals surface area (Å²) in [5.74, 6) is -0.319. The number of benzene rings is 2. The van der Waals surface area contributed by atoms with Crippen molar-refractivity contribution in [2.75, 3.05) is 7.05 Å². The number of hydrogen-bond acceptors (Lipinski definition) is 4. The van der Waals surface area contributed by atoms with Gasteiger partial charge in [0, 0.05) is 11.9 Å². The third kappa shape index (κ3) is 2.42. The van der Waals surface area contributed by atoms with Gasteiger partial charge in [0.15, 0.2) is 5.96 Å². The van der Waals surface area contributed by atoms with Crippen LogP contribution >= 0.6 is 11.3 Å². The van der Waals surface area contributed by atoms with Crippen LogP contribution in [0, 0.1) is 5.82 Å². The van der Waals surface area contributed by atoms with Crippen molar-refractivity contribution in [1.29, 1.82) is 0 Å². The maximum absolute atomic E-state index is 13.6. The van der Waals surface area contributed by atoms with Gasteiger partial charge in [-0.1, -0.05) is 42.5 Å². The Morgan fingerprint density at radius 3 is 2.50 bits per heavy atom. The molecule has 130 valence electrons. The van der Waals surface area contributed by atoms with Crippen LogP contribution in [0.25, 0.3) is 11.1 Å². The molecule has 4 nitrogen and oxygen atoms in total. The van der Waals surface area contributed by atoms with Gasteiger partial charge in [0.25, 0.3) is 5.91 Å². The molecule has 2 heterocycles. The van der Waals surface area contributed by atoms with Gasteiger partial charge in [0.05, 0.1) is 0 Å². The first kappa shape index (κ1) is 16.5. The molecule has 1 unspecified atom stereocenters. The van der Waals surface area contributed by atoms with E-state index in [-0.39, 0.29) is 17.7 Å². The lowest BCUT2D eigenvalue weighted by Crippen LogP contribution is -2.40. The van der Waals surface area contributed by atoms with E-state index in [1.807, 2.05) is 47.8 Å². The molecule has 3 aromatic rings. The molecule has 0 aliphatic carbocycles. The molecule has 6 heteroatoms. The van der Waals surface area contributed by atoms with Crippen molar-refractivity contribution < 1.29 is 9.18 Å². The van der Waals surface area contributed by atoms with Crippen LogP contribution in [0.15, 0.2) is 71.0 Å². The number of nitrogens with two attached hydrogens (primary N) is 1. The normalized spacial score (nSPS) is 19.7. The minimum absolute atomic E-state index is 0.180. The quantitative estimate of drug-likeness (QED) is 0.771. The maximum Gasteiger partial charge on any atom is 0.267 e. The number of nitrogens with zero attached hydrogens (tertiary/aromatic N) is 2. The van der Waals surface area contributed by atoms with Crippen molar-refractivity contribution in [3.63, 3.8) is 0 Å². The monoisotopic (exact) mass is 365 g/mol. The van der Waals surface area contributed by atoms with Crippen molar-refractivity contribution in [3.8, 4) is 11.1 Å². The average Bonchev–Trinajstić information content (AvgIpc) is 3.23. The van der Waals surface area contributed by atoms with E-state index >= 15 is 0 Å². The first-order valence-electron chi connectivity index (χ1n) is 8.06. The van der Waals surface area contributed by atoms with Gasteiger partial charge in [-0.2, -0.15) is 0 Å². The predicted molar refractivity (Wildman–Crippen MR) is 101 cm³/mol. The highest BCUT2D eigenvalue weighted by Crippen LogP contribution is 2.43. The summed E-state index contributed by atoms with van der Waals surface area (Å²) in [5.41, 5.74) is 7.12. The Morgan fingerprint density at radius 2 is 1.85 bits per heavy atom. The topological polar surface area (TPSA) is 58.7 Å². The van der Waals surface area contributed by atoms with Crippen LogP contribution in [0.4, 0.5) is 4.39 Å². The molecule has 0 fully saturated rings. The number of carbonyl (C=O) groups is 1. The molecule has 0 saturated carbocycles. The Morgan fingerprint density at radius 1 is 1.08 bits per heavy atom. The number of guanidine groups is 1. The van der Waals surface area contributed by atoms with Gasteiger partial charge in [0.1, 0.15) is 5.82 Å². The standard InChI is InChI=1S/C20H16FN3OS/c1-24-18(25)20(23-19(24)22,15-7-3-2-4-8-15)17-11-14(12-26-17)13-6-5-9-16(21)10-13/h2-12H,1H3,(H2,22,23). The van der Waals surface area contributed by atoms with E-state index in [1.54, 1.807) is 13.1 Å². The molecule has 1 aliphatic rings. The molecule has 1 aliphatic heterocycles. The minimum Gasteiger partial charge on any atom is -0.369 e. The van der Waals surface area contributed by atoms with Gasteiger partial charge in [0.2, 0.25) is 5.54 Å². The first-order chi connectivity index (χ1) is 12.5. The zero-order valence-electron chi connectivity index (χ0n) is 14.0. The molecule has 0 saturated heterocycles. The Hall–Kier alpha value is -2.99. The number of halogens is 1. The number of rotatable bonds is 3. The molecule has 26 heavy (non-hydrogen) atoms. The molecule has 1 aromatic heterocycles. The van der Waals surface area contributed by atoms with Gasteiger partial charge in [-0.25, -0.2) is 9.38 Å². The van der Waals surface area contributed by atoms with E-state index in [2.05, 4.69) is 4.99 Å². The SMILES string of the molecule is CN1C(=O)C(c2ccccc2)(c2cc(-c3cccc(F)c3)cs2)N=C1N. The molecular formula is C20H16FN3OS. The number of amides is 1. The van der Waals surface area contributed by atoms with Crippen molar-refractivity contribution >= 4 is 23.2 Å². The van der Waals surface area contributed by atoms with Gasteiger partial charge in [-0.3, -0.25) is 9.69 Å². The van der Waals surface area contributed by atoms with E-state index in [4.69, 9.17) is 5.73 Å². The number of aliphatic imine (C=N–C) groups is 1. The fraction of sp³-hybridized carbons (Fsp3) is 0.100. The van der Waals surface area contributed by atoms with Crippen LogP contribution in [0.1, 0.15) is 10.4 Å². The molecule has 2 N–H and O–H groups in total. The average molecular weight is 365 g/mol. The largest absolute Gasteiger partial charge is 0.369 e. The Labute approximate surface area is 154 Å². The van der Waals surface area contributed by atoms with Crippen LogP contribution in [0.2, 0.25) is 0 Å². The van der Waals surface area contributed by atoms with Crippen molar-refractivity contribution in [2.45, 2.75) is 5.54 Å². The highest BCUT2D eigenvalue weighted by atomic mass is 32.1. The van der Waals surface area contributed by atoms with E-state index < -0.39 is 5.54 Å². The van der Waals surface area contributed by atoms with Crippen LogP contribution in [-0.4, -0.2) is 23.8 Å². The summed E-state index contributed by atoms with van der Waals surface area (Å²) in [6, 6.07) is 17.6. The van der Waals surface area contributed by atoms with Crippen molar-refractivity contribution in [3.05, 3.63) is 82.3 Å². The predicted octanol–water partition coefficient (Wildman–Crippen LogP) is 3.58. The molecule has 1 atom stereocenters. The number of thiophene rings is 1. The molecule has 1 amide bonds. The highest BCUT2D eigenvalue weighted by molar-refractivity contribution is 7.10. The highest BCUT2D eigenvalue weighted by Gasteiger charge is 2.50. The Kier molecular flexibility index (Phi) is 3.85. The number of likely N-dealkylation sites (N-methyl/N-ethyl adjacent to an activating group) is 1. The summed E-state index contributed by atoms with van der Waals surface area (Å²) < 4.78 is 13.6. The Balaban J connectivity index is 1.89. The van der Waals surface area contributed by atoms with Gasteiger partial charge < -0.3 is 5.73 Å². The smallest absolute Gasteiger partial charge is 0.267 e. The zero-order chi connectivity index (χ0) is 18.3. The van der Waals surface area contributed by atoms with E-state index in [9.17, 15) is 9.18 Å². The summed E-state index contributed by atoms with van der Waals surface area (Å²) in [6.45, 7) is 0. The van der Waals surface area contributed by atoms with Crippen LogP contribution in [0.5, 0.6) is 0 Å². The van der Waals surface area contributed by atoms with Crippen LogP contribution in [-0.2, 0) is 10.3 Å². The van der Waals surface area contributed by atoms with Crippen molar-refractivity contribution in [1.82, 2.24) is 4.90 Å². The molecule has 4 rings (SSSR count). The lowest BCUT2D eigenvalue weighted by Gasteiger charge is -2.24. The fourth-order valence-electron chi connectivity index (χ4n) is 3.16. The van der Waals surface area contributed by atoms with E-state index in [0.29, 0.717) is 0 Å². The molecule has 0 radical (unpaired) electrons. The van der Waals surface area contributed by atoms with Crippen molar-refractivity contribution in [2.24, 2.45) is 10.7 Å². The van der Waals surface area contributed by atoms with Gasteiger partial charge in [-0.05, 0) is 40.3 Å². The summed E-state index contributed by atoms with van der Waals surface area (Å²) in [4.78, 5) is 19.8. The lowest BCUT2D eigenvalue weighted by molar-refractivity contribution is -0.129. The van der Waals surface area contributed by atoms with Crippen LogP contribution < -0.4 is 5.73 Å². The molecule has 2 aromatic carbocycles. The molecular weight excluding hydrogens is 349 g/mol. The zero-order valence-corrected chi connectivity index (χ0v) is 14.8. The molecule has 0 bridgehead atoms. The van der Waals surface area contributed by atoms with Gasteiger partial charge in [-0.15, -0.1) is 11.3 Å². The number of hydrogen-bond donors (Lipinski definition) is 1. The maximum atomic E-state index is 13.6. The summed E-state index contributed by atoms with van der Waals surface area (Å²) in [7, 11) is 1.62. The third-order valence-electron chi connectivity index (χ3n) is 4.55. The van der Waals surface area contributed by atoms with Gasteiger partial charge >= 0.3 is 0 Å². The molecule has 0 spiro atoms. The Bertz CT molecular complexity index is 1010. The lowest BCUT2D eigenvalue weighted by atomic mass is 9.87. The van der Waals surface area contributed by atoms with Crippen LogP contribution in [0.3, 0.4) is 0 Å². The van der Waals surface area contributed by atoms with E-state index in [1.165, 1.54) is 28.4 Å². The minimum atomic E-state index is -1.20. The van der Waals surface area contributed by atoms with E-state index in [0.717, 1.165) is 21.6 Å². The third-order valence-corrected chi connectivity index (χ3v) is 5.58. The second kappa shape index (κ2) is 6.07.